The summed E-state index contributed by atoms with van der Waals surface area (Å²) in [6.45, 7) is 2.28. The van der Waals surface area contributed by atoms with E-state index in [9.17, 15) is 10.1 Å². The van der Waals surface area contributed by atoms with Crippen molar-refractivity contribution >= 4 is 5.69 Å². The Hall–Kier alpha value is -2.28. The van der Waals surface area contributed by atoms with Crippen molar-refractivity contribution in [3.05, 3.63) is 39.8 Å². The molecule has 7 heteroatoms. The molecule has 2 aromatic rings. The van der Waals surface area contributed by atoms with Gasteiger partial charge in [0, 0.05) is 12.1 Å². The molecule has 1 aromatic carbocycles. The number of rotatable bonds is 5. The number of nitrogens with one attached hydrogen (secondary N) is 1. The molecule has 1 fully saturated rings. The second-order valence-corrected chi connectivity index (χ2v) is 4.88. The molecule has 1 aliphatic rings. The van der Waals surface area contributed by atoms with Gasteiger partial charge in [0.15, 0.2) is 0 Å². The highest BCUT2D eigenvalue weighted by Crippen LogP contribution is 2.31. The van der Waals surface area contributed by atoms with Gasteiger partial charge in [0.25, 0.3) is 11.6 Å². The van der Waals surface area contributed by atoms with Crippen molar-refractivity contribution in [2.75, 3.05) is 0 Å². The van der Waals surface area contributed by atoms with Crippen molar-refractivity contribution in [2.45, 2.75) is 32.4 Å². The molecule has 0 spiro atoms. The van der Waals surface area contributed by atoms with Crippen LogP contribution in [-0.4, -0.2) is 21.2 Å². The summed E-state index contributed by atoms with van der Waals surface area (Å²) in [7, 11) is 0. The highest BCUT2D eigenvalue weighted by Gasteiger charge is 2.24. The molecule has 104 valence electrons. The van der Waals surface area contributed by atoms with Crippen molar-refractivity contribution in [1.29, 1.82) is 0 Å². The summed E-state index contributed by atoms with van der Waals surface area (Å²) < 4.78 is 5.53. The quantitative estimate of drug-likeness (QED) is 0.663. The van der Waals surface area contributed by atoms with Gasteiger partial charge in [-0.1, -0.05) is 12.1 Å². The first-order chi connectivity index (χ1) is 9.65. The minimum atomic E-state index is -0.436. The molecule has 1 saturated carbocycles. The van der Waals surface area contributed by atoms with Gasteiger partial charge < -0.3 is 9.73 Å². The number of nitro benzene ring substituents is 1. The van der Waals surface area contributed by atoms with Crippen LogP contribution in [0.15, 0.2) is 22.6 Å². The SMILES string of the molecule is Cc1cccc([N+](=O)[O-])c1-c1nnc(CNC2CC2)o1. The molecular weight excluding hydrogens is 260 g/mol. The second kappa shape index (κ2) is 5.01. The number of nitrogens with zero attached hydrogens (tertiary/aromatic N) is 3. The molecule has 0 amide bonds. The van der Waals surface area contributed by atoms with E-state index in [1.807, 2.05) is 0 Å². The molecule has 7 nitrogen and oxygen atoms in total. The van der Waals surface area contributed by atoms with Gasteiger partial charge in [-0.25, -0.2) is 0 Å². The van der Waals surface area contributed by atoms with Gasteiger partial charge in [0.05, 0.1) is 11.5 Å². The first-order valence-electron chi connectivity index (χ1n) is 6.45. The molecule has 1 heterocycles. The molecule has 0 radical (unpaired) electrons. The first-order valence-corrected chi connectivity index (χ1v) is 6.45. The van der Waals surface area contributed by atoms with E-state index in [1.165, 1.54) is 18.9 Å². The van der Waals surface area contributed by atoms with E-state index in [-0.39, 0.29) is 11.6 Å². The van der Waals surface area contributed by atoms with Gasteiger partial charge >= 0.3 is 0 Å². The van der Waals surface area contributed by atoms with E-state index in [0.717, 1.165) is 5.56 Å². The average molecular weight is 274 g/mol. The first kappa shape index (κ1) is 12.7. The fourth-order valence-corrected chi connectivity index (χ4v) is 2.03. The molecule has 0 unspecified atom stereocenters. The lowest BCUT2D eigenvalue weighted by Gasteiger charge is -2.01. The van der Waals surface area contributed by atoms with Crippen LogP contribution in [0.5, 0.6) is 0 Å². The van der Waals surface area contributed by atoms with E-state index in [2.05, 4.69) is 15.5 Å². The van der Waals surface area contributed by atoms with Crippen LogP contribution < -0.4 is 5.32 Å². The highest BCUT2D eigenvalue weighted by molar-refractivity contribution is 5.70. The molecule has 0 aliphatic heterocycles. The topological polar surface area (TPSA) is 94.1 Å². The molecule has 1 aliphatic carbocycles. The number of hydrogen-bond acceptors (Lipinski definition) is 6. The number of hydrogen-bond donors (Lipinski definition) is 1. The van der Waals surface area contributed by atoms with Gasteiger partial charge in [-0.2, -0.15) is 0 Å². The highest BCUT2D eigenvalue weighted by atomic mass is 16.6. The van der Waals surface area contributed by atoms with Crippen molar-refractivity contribution in [3.8, 4) is 11.5 Å². The molecule has 3 rings (SSSR count). The van der Waals surface area contributed by atoms with E-state index >= 15 is 0 Å². The fourth-order valence-electron chi connectivity index (χ4n) is 2.03. The lowest BCUT2D eigenvalue weighted by atomic mass is 10.1. The molecule has 20 heavy (non-hydrogen) atoms. The van der Waals surface area contributed by atoms with Crippen LogP contribution in [0.3, 0.4) is 0 Å². The molecule has 1 N–H and O–H groups in total. The summed E-state index contributed by atoms with van der Waals surface area (Å²) in [5.74, 6) is 0.645. The Balaban J connectivity index is 1.90. The van der Waals surface area contributed by atoms with Gasteiger partial charge in [-0.3, -0.25) is 10.1 Å². The summed E-state index contributed by atoms with van der Waals surface area (Å²) in [5.41, 5.74) is 1.11. The Kier molecular flexibility index (Phi) is 3.19. The van der Waals surface area contributed by atoms with Crippen LogP contribution in [0.25, 0.3) is 11.5 Å². The summed E-state index contributed by atoms with van der Waals surface area (Å²) in [6.07, 6.45) is 2.34. The van der Waals surface area contributed by atoms with Crippen molar-refractivity contribution in [1.82, 2.24) is 15.5 Å². The third kappa shape index (κ3) is 2.53. The van der Waals surface area contributed by atoms with Crippen LogP contribution in [0.4, 0.5) is 5.69 Å². The van der Waals surface area contributed by atoms with Crippen LogP contribution in [-0.2, 0) is 6.54 Å². The number of aryl methyl sites for hydroxylation is 1. The standard InChI is InChI=1S/C13H14N4O3/c1-8-3-2-4-10(17(18)19)12(8)13-16-15-11(20-13)7-14-9-5-6-9/h2-4,9,14H,5-7H2,1H3. The van der Waals surface area contributed by atoms with Crippen LogP contribution in [0, 0.1) is 17.0 Å². The number of nitro groups is 1. The van der Waals surface area contributed by atoms with E-state index in [1.54, 1.807) is 19.1 Å². The zero-order valence-corrected chi connectivity index (χ0v) is 11.0. The number of benzene rings is 1. The average Bonchev–Trinajstić information content (AvgIpc) is 3.14. The maximum Gasteiger partial charge on any atom is 0.282 e. The van der Waals surface area contributed by atoms with Crippen molar-refractivity contribution in [2.24, 2.45) is 0 Å². The Morgan fingerprint density at radius 3 is 2.95 bits per heavy atom. The summed E-state index contributed by atoms with van der Waals surface area (Å²) in [6, 6.07) is 5.41. The lowest BCUT2D eigenvalue weighted by molar-refractivity contribution is -0.384. The Bertz CT molecular complexity index is 649. The lowest BCUT2D eigenvalue weighted by Crippen LogP contribution is -2.15. The largest absolute Gasteiger partial charge is 0.419 e. The van der Waals surface area contributed by atoms with E-state index < -0.39 is 4.92 Å². The summed E-state index contributed by atoms with van der Waals surface area (Å²) >= 11 is 0. The van der Waals surface area contributed by atoms with Gasteiger partial charge in [-0.05, 0) is 25.3 Å². The second-order valence-electron chi connectivity index (χ2n) is 4.88. The zero-order chi connectivity index (χ0) is 14.1. The van der Waals surface area contributed by atoms with Crippen molar-refractivity contribution in [3.63, 3.8) is 0 Å². The van der Waals surface area contributed by atoms with Crippen LogP contribution >= 0.6 is 0 Å². The van der Waals surface area contributed by atoms with Crippen LogP contribution in [0.2, 0.25) is 0 Å². The van der Waals surface area contributed by atoms with E-state index in [0.29, 0.717) is 24.0 Å². The number of aromatic nitrogens is 2. The normalized spacial score (nSPS) is 14.4. The third-order valence-electron chi connectivity index (χ3n) is 3.25. The Morgan fingerprint density at radius 2 is 2.25 bits per heavy atom. The smallest absolute Gasteiger partial charge is 0.282 e. The summed E-state index contributed by atoms with van der Waals surface area (Å²) in [5, 5.41) is 22.2. The van der Waals surface area contributed by atoms with Gasteiger partial charge in [0.2, 0.25) is 5.89 Å². The van der Waals surface area contributed by atoms with E-state index in [4.69, 9.17) is 4.42 Å². The summed E-state index contributed by atoms with van der Waals surface area (Å²) in [4.78, 5) is 10.6. The molecule has 0 atom stereocenters. The van der Waals surface area contributed by atoms with Crippen LogP contribution in [0.1, 0.15) is 24.3 Å². The minimum Gasteiger partial charge on any atom is -0.419 e. The van der Waals surface area contributed by atoms with Crippen molar-refractivity contribution < 1.29 is 9.34 Å². The monoisotopic (exact) mass is 274 g/mol. The Labute approximate surface area is 115 Å². The molecule has 0 bridgehead atoms. The van der Waals surface area contributed by atoms with Gasteiger partial charge in [0.1, 0.15) is 5.56 Å². The van der Waals surface area contributed by atoms with Gasteiger partial charge in [-0.15, -0.1) is 10.2 Å². The fraction of sp³-hybridized carbons (Fsp3) is 0.385. The molecule has 1 aromatic heterocycles. The predicted molar refractivity (Wildman–Crippen MR) is 71.0 cm³/mol. The minimum absolute atomic E-state index is 0.0182. The third-order valence-corrected chi connectivity index (χ3v) is 3.25. The Morgan fingerprint density at radius 1 is 1.45 bits per heavy atom. The maximum absolute atomic E-state index is 11.1. The molecule has 0 saturated heterocycles. The predicted octanol–water partition coefficient (Wildman–Crippen LogP) is 2.21. The zero-order valence-electron chi connectivity index (χ0n) is 11.0. The molecular formula is C13H14N4O3. The maximum atomic E-state index is 11.1.